The van der Waals surface area contributed by atoms with E-state index in [1.807, 2.05) is 7.05 Å². The standard InChI is InChI=1S/C10H18ClN5S/c1-4-7(6-17-3)16(2)9-8(11)5-13-10(14-9)15-12/h5,7H,4,6,12H2,1-3H3,(H,13,14,15). The van der Waals surface area contributed by atoms with Gasteiger partial charge in [-0.15, -0.1) is 0 Å². The summed E-state index contributed by atoms with van der Waals surface area (Å²) in [6, 6.07) is 0.392. The van der Waals surface area contributed by atoms with E-state index in [2.05, 4.69) is 33.5 Å². The molecule has 0 fully saturated rings. The molecular weight excluding hydrogens is 258 g/mol. The molecule has 0 saturated heterocycles. The van der Waals surface area contributed by atoms with Crippen molar-refractivity contribution in [3.63, 3.8) is 0 Å². The Kier molecular flexibility index (Phi) is 5.80. The lowest BCUT2D eigenvalue weighted by Crippen LogP contribution is -2.34. The summed E-state index contributed by atoms with van der Waals surface area (Å²) in [6.45, 7) is 2.15. The van der Waals surface area contributed by atoms with Gasteiger partial charge in [-0.25, -0.2) is 10.8 Å². The Hall–Kier alpha value is -0.720. The van der Waals surface area contributed by atoms with Crippen molar-refractivity contribution in [2.75, 3.05) is 29.4 Å². The first-order valence-corrected chi connectivity index (χ1v) is 7.12. The number of nitrogens with one attached hydrogen (secondary N) is 1. The lowest BCUT2D eigenvalue weighted by molar-refractivity contribution is 0.665. The highest BCUT2D eigenvalue weighted by atomic mass is 35.5. The van der Waals surface area contributed by atoms with Crippen molar-refractivity contribution < 1.29 is 0 Å². The zero-order valence-electron chi connectivity index (χ0n) is 10.3. The van der Waals surface area contributed by atoms with Crippen LogP contribution in [0.4, 0.5) is 11.8 Å². The molecule has 1 heterocycles. The Bertz CT molecular complexity index is 363. The van der Waals surface area contributed by atoms with Crippen LogP contribution in [0.1, 0.15) is 13.3 Å². The monoisotopic (exact) mass is 275 g/mol. The summed E-state index contributed by atoms with van der Waals surface area (Å²) in [5.74, 6) is 7.40. The van der Waals surface area contributed by atoms with E-state index < -0.39 is 0 Å². The molecule has 96 valence electrons. The van der Waals surface area contributed by atoms with Crippen molar-refractivity contribution in [3.05, 3.63) is 11.2 Å². The van der Waals surface area contributed by atoms with E-state index in [0.717, 1.165) is 12.2 Å². The number of hydrogen-bond acceptors (Lipinski definition) is 6. The second kappa shape index (κ2) is 6.88. The van der Waals surface area contributed by atoms with E-state index in [1.165, 1.54) is 0 Å². The van der Waals surface area contributed by atoms with Gasteiger partial charge in [0.2, 0.25) is 5.95 Å². The van der Waals surface area contributed by atoms with Gasteiger partial charge < -0.3 is 4.90 Å². The predicted octanol–water partition coefficient (Wildman–Crippen LogP) is 1.99. The van der Waals surface area contributed by atoms with Gasteiger partial charge in [-0.2, -0.15) is 16.7 Å². The molecule has 1 rings (SSSR count). The number of nitrogens with zero attached hydrogens (tertiary/aromatic N) is 3. The normalized spacial score (nSPS) is 12.3. The number of nitrogens with two attached hydrogens (primary N) is 1. The highest BCUT2D eigenvalue weighted by molar-refractivity contribution is 7.98. The van der Waals surface area contributed by atoms with Gasteiger partial charge >= 0.3 is 0 Å². The zero-order chi connectivity index (χ0) is 12.8. The molecular formula is C10H18ClN5S. The minimum atomic E-state index is 0.371. The first kappa shape index (κ1) is 14.3. The molecule has 3 N–H and O–H groups in total. The Balaban J connectivity index is 2.96. The molecule has 1 aromatic rings. The molecule has 1 atom stereocenters. The molecule has 0 aliphatic heterocycles. The van der Waals surface area contributed by atoms with Crippen LogP contribution in [-0.2, 0) is 0 Å². The van der Waals surface area contributed by atoms with E-state index in [0.29, 0.717) is 22.8 Å². The van der Waals surface area contributed by atoms with Gasteiger partial charge in [-0.3, -0.25) is 5.43 Å². The summed E-state index contributed by atoms with van der Waals surface area (Å²) < 4.78 is 0. The van der Waals surface area contributed by atoms with Crippen LogP contribution >= 0.6 is 23.4 Å². The van der Waals surface area contributed by atoms with Gasteiger partial charge in [0.15, 0.2) is 5.82 Å². The second-order valence-electron chi connectivity index (χ2n) is 3.64. The molecule has 5 nitrogen and oxygen atoms in total. The smallest absolute Gasteiger partial charge is 0.239 e. The van der Waals surface area contributed by atoms with E-state index in [-0.39, 0.29) is 0 Å². The van der Waals surface area contributed by atoms with Crippen LogP contribution in [0.3, 0.4) is 0 Å². The van der Waals surface area contributed by atoms with E-state index in [9.17, 15) is 0 Å². The second-order valence-corrected chi connectivity index (χ2v) is 4.96. The number of halogens is 1. The fraction of sp³-hybridized carbons (Fsp3) is 0.600. The van der Waals surface area contributed by atoms with Gasteiger partial charge in [0.1, 0.15) is 5.02 Å². The quantitative estimate of drug-likeness (QED) is 0.611. The highest BCUT2D eigenvalue weighted by Gasteiger charge is 2.17. The van der Waals surface area contributed by atoms with Crippen LogP contribution < -0.4 is 16.2 Å². The maximum absolute atomic E-state index is 6.11. The summed E-state index contributed by atoms with van der Waals surface area (Å²) >= 11 is 7.91. The Morgan fingerprint density at radius 2 is 2.35 bits per heavy atom. The SMILES string of the molecule is CCC(CSC)N(C)c1nc(NN)ncc1Cl. The van der Waals surface area contributed by atoms with Crippen molar-refractivity contribution in [2.45, 2.75) is 19.4 Å². The van der Waals surface area contributed by atoms with Crippen molar-refractivity contribution in [2.24, 2.45) is 5.84 Å². The lowest BCUT2D eigenvalue weighted by Gasteiger charge is -2.28. The molecule has 17 heavy (non-hydrogen) atoms. The van der Waals surface area contributed by atoms with Gasteiger partial charge in [0.25, 0.3) is 0 Å². The minimum Gasteiger partial charge on any atom is -0.354 e. The van der Waals surface area contributed by atoms with Crippen LogP contribution in [0.5, 0.6) is 0 Å². The Morgan fingerprint density at radius 1 is 1.65 bits per heavy atom. The summed E-state index contributed by atoms with van der Waals surface area (Å²) in [4.78, 5) is 10.3. The molecule has 1 unspecified atom stereocenters. The summed E-state index contributed by atoms with van der Waals surface area (Å²) in [5.41, 5.74) is 2.43. The van der Waals surface area contributed by atoms with Gasteiger partial charge in [0, 0.05) is 18.8 Å². The number of hydrazine groups is 1. The molecule has 0 bridgehead atoms. The molecule has 0 spiro atoms. The highest BCUT2D eigenvalue weighted by Crippen LogP contribution is 2.25. The molecule has 0 aliphatic rings. The largest absolute Gasteiger partial charge is 0.354 e. The maximum atomic E-state index is 6.11. The van der Waals surface area contributed by atoms with E-state index in [4.69, 9.17) is 17.4 Å². The topological polar surface area (TPSA) is 67.1 Å². The minimum absolute atomic E-state index is 0.371. The molecule has 1 aromatic heterocycles. The summed E-state index contributed by atoms with van der Waals surface area (Å²) in [6.07, 6.45) is 4.68. The van der Waals surface area contributed by atoms with Crippen LogP contribution in [0.25, 0.3) is 0 Å². The molecule has 7 heteroatoms. The third-order valence-corrected chi connectivity index (χ3v) is 3.55. The van der Waals surface area contributed by atoms with E-state index >= 15 is 0 Å². The first-order chi connectivity index (χ1) is 8.13. The number of nitrogen functional groups attached to an aromatic ring is 1. The summed E-state index contributed by atoms with van der Waals surface area (Å²) in [5, 5.41) is 0.533. The molecule has 0 amide bonds. The first-order valence-electron chi connectivity index (χ1n) is 5.34. The zero-order valence-corrected chi connectivity index (χ0v) is 11.8. The fourth-order valence-corrected chi connectivity index (χ4v) is 2.61. The third-order valence-electron chi connectivity index (χ3n) is 2.57. The van der Waals surface area contributed by atoms with Gasteiger partial charge in [-0.05, 0) is 12.7 Å². The van der Waals surface area contributed by atoms with E-state index in [1.54, 1.807) is 18.0 Å². The molecule has 0 aliphatic carbocycles. The summed E-state index contributed by atoms with van der Waals surface area (Å²) in [7, 11) is 1.99. The van der Waals surface area contributed by atoms with Crippen LogP contribution in [0, 0.1) is 0 Å². The van der Waals surface area contributed by atoms with Gasteiger partial charge in [0.05, 0.1) is 6.20 Å². The third kappa shape index (κ3) is 3.62. The lowest BCUT2D eigenvalue weighted by atomic mass is 10.2. The average Bonchev–Trinajstić information content (AvgIpc) is 2.35. The number of anilines is 2. The number of aromatic nitrogens is 2. The predicted molar refractivity (Wildman–Crippen MR) is 75.7 cm³/mol. The number of rotatable bonds is 6. The molecule has 0 saturated carbocycles. The van der Waals surface area contributed by atoms with Crippen LogP contribution in [0.15, 0.2) is 6.20 Å². The molecule has 0 radical (unpaired) electrons. The Labute approximate surface area is 111 Å². The maximum Gasteiger partial charge on any atom is 0.239 e. The van der Waals surface area contributed by atoms with Crippen molar-refractivity contribution >= 4 is 35.1 Å². The van der Waals surface area contributed by atoms with Crippen molar-refractivity contribution in [3.8, 4) is 0 Å². The van der Waals surface area contributed by atoms with Crippen molar-refractivity contribution in [1.82, 2.24) is 9.97 Å². The fourth-order valence-electron chi connectivity index (χ4n) is 1.54. The Morgan fingerprint density at radius 3 is 2.88 bits per heavy atom. The number of hydrogen-bond donors (Lipinski definition) is 2. The number of thioether (sulfide) groups is 1. The molecule has 0 aromatic carbocycles. The van der Waals surface area contributed by atoms with Gasteiger partial charge in [-0.1, -0.05) is 18.5 Å². The van der Waals surface area contributed by atoms with Crippen molar-refractivity contribution in [1.29, 1.82) is 0 Å². The van der Waals surface area contributed by atoms with Crippen LogP contribution in [0.2, 0.25) is 5.02 Å². The average molecular weight is 276 g/mol. The van der Waals surface area contributed by atoms with Crippen LogP contribution in [-0.4, -0.2) is 35.1 Å².